The van der Waals surface area contributed by atoms with E-state index in [2.05, 4.69) is 11.9 Å². The summed E-state index contributed by atoms with van der Waals surface area (Å²) >= 11 is 5.81. The van der Waals surface area contributed by atoms with E-state index in [1.54, 1.807) is 0 Å². The topological polar surface area (TPSA) is 69.6 Å². The largest absolute Gasteiger partial charge is 0.372 e. The molecule has 1 fully saturated rings. The third kappa shape index (κ3) is 3.66. The van der Waals surface area contributed by atoms with E-state index in [9.17, 15) is 19.1 Å². The van der Waals surface area contributed by atoms with Crippen LogP contribution in [0, 0.1) is 5.82 Å². The van der Waals surface area contributed by atoms with Gasteiger partial charge in [-0.2, -0.15) is 0 Å². The van der Waals surface area contributed by atoms with Crippen molar-refractivity contribution in [2.75, 3.05) is 11.4 Å². The van der Waals surface area contributed by atoms with E-state index >= 15 is 0 Å². The van der Waals surface area contributed by atoms with Crippen molar-refractivity contribution in [1.29, 1.82) is 0 Å². The Morgan fingerprint density at radius 3 is 2.76 bits per heavy atom. The van der Waals surface area contributed by atoms with Gasteiger partial charge in [-0.15, -0.1) is 0 Å². The summed E-state index contributed by atoms with van der Waals surface area (Å²) < 4.78 is 13.4. The molecule has 2 aromatic rings. The van der Waals surface area contributed by atoms with Gasteiger partial charge in [0.2, 0.25) is 5.60 Å². The number of amides is 2. The molecule has 1 aliphatic carbocycles. The highest BCUT2D eigenvalue weighted by Crippen LogP contribution is 2.33. The van der Waals surface area contributed by atoms with Gasteiger partial charge in [0.1, 0.15) is 5.82 Å². The smallest absolute Gasteiger partial charge is 0.268 e. The maximum absolute atomic E-state index is 13.4. The number of aliphatic hydroxyl groups is 1. The number of rotatable bonds is 4. The Bertz CT molecular complexity index is 1020. The van der Waals surface area contributed by atoms with Crippen LogP contribution in [0.25, 0.3) is 0 Å². The molecule has 0 aromatic heterocycles. The van der Waals surface area contributed by atoms with Crippen molar-refractivity contribution < 1.29 is 19.1 Å². The maximum Gasteiger partial charge on any atom is 0.268 e. The van der Waals surface area contributed by atoms with Gasteiger partial charge in [0, 0.05) is 30.2 Å². The number of carbonyl (C=O) groups excluding carboxylic acids is 2. The minimum Gasteiger partial charge on any atom is -0.372 e. The summed E-state index contributed by atoms with van der Waals surface area (Å²) in [4.78, 5) is 26.9. The van der Waals surface area contributed by atoms with E-state index in [0.29, 0.717) is 11.3 Å². The summed E-state index contributed by atoms with van der Waals surface area (Å²) in [5.41, 5.74) is 2.37. The number of nitrogens with one attached hydrogen (secondary N) is 1. The third-order valence-electron chi connectivity index (χ3n) is 5.43. The fourth-order valence-electron chi connectivity index (χ4n) is 3.92. The highest BCUT2D eigenvalue weighted by Gasteiger charge is 2.51. The van der Waals surface area contributed by atoms with Gasteiger partial charge in [0.05, 0.1) is 0 Å². The molecule has 0 bridgehead atoms. The molecule has 2 aromatic carbocycles. The quantitative estimate of drug-likeness (QED) is 0.597. The zero-order chi connectivity index (χ0) is 20.8. The van der Waals surface area contributed by atoms with Crippen molar-refractivity contribution in [3.63, 3.8) is 0 Å². The highest BCUT2D eigenvalue weighted by atomic mass is 35.5. The van der Waals surface area contributed by atoms with Crippen LogP contribution in [0.1, 0.15) is 23.1 Å². The summed E-state index contributed by atoms with van der Waals surface area (Å²) in [6.07, 6.45) is 1.58. The molecule has 1 heterocycles. The van der Waals surface area contributed by atoms with Crippen LogP contribution in [0.4, 0.5) is 10.1 Å². The van der Waals surface area contributed by atoms with Crippen molar-refractivity contribution in [3.8, 4) is 0 Å². The first-order valence-electron chi connectivity index (χ1n) is 9.32. The Balaban J connectivity index is 1.47. The summed E-state index contributed by atoms with van der Waals surface area (Å²) in [5, 5.41) is 13.5. The van der Waals surface area contributed by atoms with Crippen LogP contribution in [0.3, 0.4) is 0 Å². The van der Waals surface area contributed by atoms with Gasteiger partial charge in [0.25, 0.3) is 11.8 Å². The van der Waals surface area contributed by atoms with Crippen molar-refractivity contribution in [2.45, 2.75) is 31.4 Å². The lowest BCUT2D eigenvalue weighted by atomic mass is 10.0. The number of anilines is 1. The van der Waals surface area contributed by atoms with Gasteiger partial charge in [-0.05, 0) is 59.9 Å². The monoisotopic (exact) mass is 414 g/mol. The number of benzene rings is 2. The minimum atomic E-state index is -2.15. The van der Waals surface area contributed by atoms with E-state index in [-0.39, 0.29) is 24.5 Å². The van der Waals surface area contributed by atoms with Crippen LogP contribution in [0.5, 0.6) is 0 Å². The normalized spacial score (nSPS) is 20.9. The van der Waals surface area contributed by atoms with E-state index in [4.69, 9.17) is 11.6 Å². The molecule has 2 aliphatic rings. The average Bonchev–Trinajstić information content (AvgIpc) is 3.18. The lowest BCUT2D eigenvalue weighted by Gasteiger charge is -2.22. The van der Waals surface area contributed by atoms with E-state index in [1.165, 1.54) is 22.6 Å². The Hall–Kier alpha value is -2.70. The standard InChI is InChI=1S/C22H20ClFN2O3/c1-13-6-15-2-3-19(10-16(15)7-13)26-5-4-22(29,21(26)28)20(27)25-12-14-8-17(23)11-18(24)9-14/h2-3,8-11,29H,1,4-7,12H2,(H,25,27). The average molecular weight is 415 g/mol. The number of halogens is 2. The summed E-state index contributed by atoms with van der Waals surface area (Å²) in [5.74, 6) is -1.99. The summed E-state index contributed by atoms with van der Waals surface area (Å²) in [7, 11) is 0. The molecule has 0 spiro atoms. The molecule has 0 saturated carbocycles. The van der Waals surface area contributed by atoms with Crippen molar-refractivity contribution in [2.24, 2.45) is 0 Å². The SMILES string of the molecule is C=C1Cc2ccc(N3CCC(O)(C(=O)NCc4cc(F)cc(Cl)c4)C3=O)cc2C1. The molecule has 1 aliphatic heterocycles. The van der Waals surface area contributed by atoms with Crippen molar-refractivity contribution >= 4 is 29.1 Å². The number of hydrogen-bond acceptors (Lipinski definition) is 3. The fourth-order valence-corrected chi connectivity index (χ4v) is 4.17. The molecule has 0 radical (unpaired) electrons. The third-order valence-corrected chi connectivity index (χ3v) is 5.65. The first kappa shape index (κ1) is 19.6. The van der Waals surface area contributed by atoms with Gasteiger partial charge in [-0.1, -0.05) is 29.8 Å². The first-order chi connectivity index (χ1) is 13.8. The Morgan fingerprint density at radius 2 is 2.00 bits per heavy atom. The van der Waals surface area contributed by atoms with Crippen LogP contribution in [-0.4, -0.2) is 29.1 Å². The molecule has 7 heteroatoms. The fraction of sp³-hybridized carbons (Fsp3) is 0.273. The Kier molecular flexibility index (Phi) is 4.92. The molecule has 5 nitrogen and oxygen atoms in total. The zero-order valence-corrected chi connectivity index (χ0v) is 16.4. The second kappa shape index (κ2) is 7.28. The number of carbonyl (C=O) groups is 2. The van der Waals surface area contributed by atoms with Gasteiger partial charge in [0.15, 0.2) is 0 Å². The van der Waals surface area contributed by atoms with Crippen LogP contribution < -0.4 is 10.2 Å². The lowest BCUT2D eigenvalue weighted by Crippen LogP contribution is -2.52. The van der Waals surface area contributed by atoms with Crippen LogP contribution in [0.15, 0.2) is 48.6 Å². The zero-order valence-electron chi connectivity index (χ0n) is 15.7. The molecular weight excluding hydrogens is 395 g/mol. The molecule has 1 atom stereocenters. The predicted molar refractivity (Wildman–Crippen MR) is 108 cm³/mol. The van der Waals surface area contributed by atoms with Crippen molar-refractivity contribution in [3.05, 3.63) is 76.1 Å². The van der Waals surface area contributed by atoms with Crippen LogP contribution >= 0.6 is 11.6 Å². The molecule has 29 heavy (non-hydrogen) atoms. The Labute approximate surface area is 172 Å². The Morgan fingerprint density at radius 1 is 1.24 bits per heavy atom. The summed E-state index contributed by atoms with van der Waals surface area (Å²) in [6, 6.07) is 9.61. The van der Waals surface area contributed by atoms with Gasteiger partial charge < -0.3 is 15.3 Å². The molecular formula is C22H20ClFN2O3. The number of nitrogens with zero attached hydrogens (tertiary/aromatic N) is 1. The molecule has 1 saturated heterocycles. The molecule has 150 valence electrons. The summed E-state index contributed by atoms with van der Waals surface area (Å²) in [6.45, 7) is 4.19. The second-order valence-corrected chi connectivity index (χ2v) is 8.02. The predicted octanol–water partition coefficient (Wildman–Crippen LogP) is 2.92. The molecule has 4 rings (SSSR count). The molecule has 2 N–H and O–H groups in total. The second-order valence-electron chi connectivity index (χ2n) is 7.58. The van der Waals surface area contributed by atoms with Gasteiger partial charge >= 0.3 is 0 Å². The van der Waals surface area contributed by atoms with Crippen LogP contribution in [-0.2, 0) is 29.0 Å². The van der Waals surface area contributed by atoms with Crippen molar-refractivity contribution in [1.82, 2.24) is 5.32 Å². The molecule has 1 unspecified atom stereocenters. The van der Waals surface area contributed by atoms with E-state index < -0.39 is 23.2 Å². The van der Waals surface area contributed by atoms with Crippen LogP contribution in [0.2, 0.25) is 5.02 Å². The minimum absolute atomic E-state index is 0.0225. The van der Waals surface area contributed by atoms with Gasteiger partial charge in [-0.25, -0.2) is 4.39 Å². The number of fused-ring (bicyclic) bond motifs is 1. The highest BCUT2D eigenvalue weighted by molar-refractivity contribution is 6.30. The number of allylic oxidation sites excluding steroid dienone is 1. The van der Waals surface area contributed by atoms with E-state index in [1.807, 2.05) is 18.2 Å². The lowest BCUT2D eigenvalue weighted by molar-refractivity contribution is -0.149. The van der Waals surface area contributed by atoms with Gasteiger partial charge in [-0.3, -0.25) is 9.59 Å². The maximum atomic E-state index is 13.4. The molecule has 2 amide bonds. The first-order valence-corrected chi connectivity index (χ1v) is 9.70. The number of hydrogen-bond donors (Lipinski definition) is 2. The van der Waals surface area contributed by atoms with E-state index in [0.717, 1.165) is 30.0 Å².